The van der Waals surface area contributed by atoms with Crippen molar-refractivity contribution in [3.05, 3.63) is 17.6 Å². The summed E-state index contributed by atoms with van der Waals surface area (Å²) < 4.78 is 1.17. The fourth-order valence-corrected chi connectivity index (χ4v) is 1.28. The van der Waals surface area contributed by atoms with Crippen LogP contribution in [0.3, 0.4) is 0 Å². The Morgan fingerprint density at radius 2 is 2.36 bits per heavy atom. The second kappa shape index (κ2) is 2.66. The number of aryl methyl sites for hydroxylation is 1. The van der Waals surface area contributed by atoms with Crippen LogP contribution in [-0.2, 0) is 0 Å². The molecular weight excluding hydrogens is 186 g/mol. The Morgan fingerprint density at radius 1 is 1.64 bits per heavy atom. The van der Waals surface area contributed by atoms with Crippen molar-refractivity contribution < 1.29 is 9.90 Å². The van der Waals surface area contributed by atoms with E-state index in [2.05, 4.69) is 15.2 Å². The molecule has 3 N–H and O–H groups in total. The number of carbonyl (C=O) groups is 1. The number of anilines is 1. The van der Waals surface area contributed by atoms with Gasteiger partial charge < -0.3 is 10.8 Å². The Bertz CT molecular complexity index is 518. The Labute approximate surface area is 78.2 Å². The summed E-state index contributed by atoms with van der Waals surface area (Å²) in [5.74, 6) is -0.975. The number of aromatic carboxylic acids is 1. The molecule has 0 aliphatic rings. The predicted octanol–water partition coefficient (Wildman–Crippen LogP) is -0.287. The average Bonchev–Trinajstić information content (AvgIpc) is 2.42. The van der Waals surface area contributed by atoms with Crippen LogP contribution in [0.2, 0.25) is 0 Å². The van der Waals surface area contributed by atoms with Crippen molar-refractivity contribution in [3.63, 3.8) is 0 Å². The van der Waals surface area contributed by atoms with Crippen molar-refractivity contribution in [1.29, 1.82) is 0 Å². The van der Waals surface area contributed by atoms with Crippen LogP contribution >= 0.6 is 0 Å². The number of carboxylic acid groups (broad SMARTS) is 1. The molecule has 0 fully saturated rings. The number of nitrogens with zero attached hydrogens (tertiary/aromatic N) is 4. The lowest BCUT2D eigenvalue weighted by molar-refractivity contribution is 0.0698. The summed E-state index contributed by atoms with van der Waals surface area (Å²) in [7, 11) is 0. The van der Waals surface area contributed by atoms with E-state index in [-0.39, 0.29) is 16.9 Å². The van der Waals surface area contributed by atoms with E-state index in [0.29, 0.717) is 5.69 Å². The fourth-order valence-electron chi connectivity index (χ4n) is 1.28. The summed E-state index contributed by atoms with van der Waals surface area (Å²) in [4.78, 5) is 14.6. The van der Waals surface area contributed by atoms with E-state index in [1.807, 2.05) is 0 Å². The van der Waals surface area contributed by atoms with Gasteiger partial charge in [-0.05, 0) is 6.92 Å². The first-order valence-electron chi connectivity index (χ1n) is 3.80. The van der Waals surface area contributed by atoms with Crippen LogP contribution in [0.1, 0.15) is 16.1 Å². The number of hydrogen-bond donors (Lipinski definition) is 2. The maximum atomic E-state index is 10.9. The average molecular weight is 193 g/mol. The summed E-state index contributed by atoms with van der Waals surface area (Å²) in [5, 5.41) is 16.6. The van der Waals surface area contributed by atoms with Gasteiger partial charge in [0.2, 0.25) is 0 Å². The highest BCUT2D eigenvalue weighted by Crippen LogP contribution is 2.17. The number of rotatable bonds is 1. The SMILES string of the molecule is Cc1nn2ncnc(N)c2c1C(=O)O. The van der Waals surface area contributed by atoms with Crippen LogP contribution in [0, 0.1) is 6.92 Å². The Balaban J connectivity index is 2.93. The first-order valence-corrected chi connectivity index (χ1v) is 3.80. The standard InChI is InChI=1S/C7H7N5O2/c1-3-4(7(13)14)5-6(8)9-2-10-12(5)11-3/h2H,1H3,(H,13,14)(H2,8,9,10). The molecule has 2 rings (SSSR count). The predicted molar refractivity (Wildman–Crippen MR) is 46.9 cm³/mol. The molecule has 7 nitrogen and oxygen atoms in total. The fraction of sp³-hybridized carbons (Fsp3) is 0.143. The molecule has 0 unspecified atom stereocenters. The van der Waals surface area contributed by atoms with Crippen molar-refractivity contribution in [1.82, 2.24) is 19.8 Å². The molecule has 0 saturated carbocycles. The first-order chi connectivity index (χ1) is 6.61. The summed E-state index contributed by atoms with van der Waals surface area (Å²) in [6.07, 6.45) is 1.22. The summed E-state index contributed by atoms with van der Waals surface area (Å²) in [6, 6.07) is 0. The molecule has 2 heterocycles. The minimum Gasteiger partial charge on any atom is -0.478 e. The van der Waals surface area contributed by atoms with Crippen molar-refractivity contribution in [3.8, 4) is 0 Å². The zero-order chi connectivity index (χ0) is 10.3. The normalized spacial score (nSPS) is 10.6. The maximum Gasteiger partial charge on any atom is 0.340 e. The molecule has 0 saturated heterocycles. The van der Waals surface area contributed by atoms with Crippen LogP contribution in [0.5, 0.6) is 0 Å². The third-order valence-corrected chi connectivity index (χ3v) is 1.86. The molecule has 0 aromatic carbocycles. The van der Waals surface area contributed by atoms with Gasteiger partial charge in [0.25, 0.3) is 0 Å². The van der Waals surface area contributed by atoms with Gasteiger partial charge in [-0.1, -0.05) is 0 Å². The number of nitrogens with two attached hydrogens (primary N) is 1. The minimum atomic E-state index is -1.08. The molecule has 0 amide bonds. The van der Waals surface area contributed by atoms with Crippen molar-refractivity contribution >= 4 is 17.3 Å². The summed E-state index contributed by atoms with van der Waals surface area (Å²) in [5.41, 5.74) is 6.18. The second-order valence-electron chi connectivity index (χ2n) is 2.75. The lowest BCUT2D eigenvalue weighted by atomic mass is 10.2. The molecule has 0 aliphatic carbocycles. The highest BCUT2D eigenvalue weighted by molar-refractivity contribution is 5.99. The van der Waals surface area contributed by atoms with Crippen LogP contribution in [-0.4, -0.2) is 30.9 Å². The summed E-state index contributed by atoms with van der Waals surface area (Å²) >= 11 is 0. The lowest BCUT2D eigenvalue weighted by Crippen LogP contribution is -2.03. The van der Waals surface area contributed by atoms with Crippen LogP contribution in [0.25, 0.3) is 5.52 Å². The number of aromatic nitrogens is 4. The van der Waals surface area contributed by atoms with E-state index in [4.69, 9.17) is 10.8 Å². The topological polar surface area (TPSA) is 106 Å². The molecule has 72 valence electrons. The van der Waals surface area contributed by atoms with E-state index in [1.165, 1.54) is 11.0 Å². The number of carboxylic acids is 1. The maximum absolute atomic E-state index is 10.9. The number of hydrogen-bond acceptors (Lipinski definition) is 5. The van der Waals surface area contributed by atoms with Gasteiger partial charge in [0.15, 0.2) is 5.82 Å². The van der Waals surface area contributed by atoms with E-state index < -0.39 is 5.97 Å². The monoisotopic (exact) mass is 193 g/mol. The van der Waals surface area contributed by atoms with Crippen LogP contribution in [0.4, 0.5) is 5.82 Å². The quantitative estimate of drug-likeness (QED) is 0.644. The van der Waals surface area contributed by atoms with Gasteiger partial charge in [0, 0.05) is 0 Å². The highest BCUT2D eigenvalue weighted by atomic mass is 16.4. The van der Waals surface area contributed by atoms with Gasteiger partial charge in [-0.3, -0.25) is 0 Å². The van der Waals surface area contributed by atoms with Gasteiger partial charge in [0.05, 0.1) is 5.69 Å². The zero-order valence-corrected chi connectivity index (χ0v) is 7.30. The van der Waals surface area contributed by atoms with Gasteiger partial charge in [-0.25, -0.2) is 9.78 Å². The Kier molecular flexibility index (Phi) is 1.60. The molecule has 0 bridgehead atoms. The second-order valence-corrected chi connectivity index (χ2v) is 2.75. The zero-order valence-electron chi connectivity index (χ0n) is 7.30. The number of fused-ring (bicyclic) bond motifs is 1. The largest absolute Gasteiger partial charge is 0.478 e. The lowest BCUT2D eigenvalue weighted by Gasteiger charge is -1.95. The Morgan fingerprint density at radius 3 is 3.00 bits per heavy atom. The van der Waals surface area contributed by atoms with E-state index in [0.717, 1.165) is 0 Å². The van der Waals surface area contributed by atoms with Crippen molar-refractivity contribution in [2.45, 2.75) is 6.92 Å². The third kappa shape index (κ3) is 0.987. The number of nitrogen functional groups attached to an aromatic ring is 1. The molecule has 14 heavy (non-hydrogen) atoms. The van der Waals surface area contributed by atoms with E-state index in [9.17, 15) is 4.79 Å². The van der Waals surface area contributed by atoms with Gasteiger partial charge in [0.1, 0.15) is 17.4 Å². The molecule has 2 aromatic rings. The van der Waals surface area contributed by atoms with E-state index in [1.54, 1.807) is 6.92 Å². The molecule has 0 atom stereocenters. The molecule has 0 aliphatic heterocycles. The summed E-state index contributed by atoms with van der Waals surface area (Å²) in [6.45, 7) is 1.58. The molecule has 0 spiro atoms. The van der Waals surface area contributed by atoms with Gasteiger partial charge in [-0.2, -0.15) is 5.10 Å². The molecular formula is C7H7N5O2. The van der Waals surface area contributed by atoms with Crippen molar-refractivity contribution in [2.75, 3.05) is 5.73 Å². The highest BCUT2D eigenvalue weighted by Gasteiger charge is 2.19. The Hall–Kier alpha value is -2.18. The van der Waals surface area contributed by atoms with Crippen molar-refractivity contribution in [2.24, 2.45) is 0 Å². The minimum absolute atomic E-state index is 0.0445. The molecule has 2 aromatic heterocycles. The van der Waals surface area contributed by atoms with Crippen LogP contribution in [0.15, 0.2) is 6.33 Å². The van der Waals surface area contributed by atoms with Crippen LogP contribution < -0.4 is 5.73 Å². The molecule has 0 radical (unpaired) electrons. The third-order valence-electron chi connectivity index (χ3n) is 1.86. The molecule has 7 heteroatoms. The van der Waals surface area contributed by atoms with Gasteiger partial charge in [-0.15, -0.1) is 9.73 Å². The smallest absolute Gasteiger partial charge is 0.340 e. The van der Waals surface area contributed by atoms with Gasteiger partial charge >= 0.3 is 5.97 Å². The van der Waals surface area contributed by atoms with E-state index >= 15 is 0 Å². The first kappa shape index (κ1) is 8.42.